The average molecular weight is 366 g/mol. The molecule has 0 spiro atoms. The molecule has 1 aliphatic carbocycles. The molecule has 0 bridgehead atoms. The van der Waals surface area contributed by atoms with Crippen LogP contribution in [-0.4, -0.2) is 34.9 Å². The van der Waals surface area contributed by atoms with Crippen molar-refractivity contribution >= 4 is 18.3 Å². The van der Waals surface area contributed by atoms with Crippen molar-refractivity contribution in [1.82, 2.24) is 15.2 Å². The Morgan fingerprint density at radius 2 is 1.92 bits per heavy atom. The predicted octanol–water partition coefficient (Wildman–Crippen LogP) is 3.94. The van der Waals surface area contributed by atoms with Gasteiger partial charge in [0.1, 0.15) is 0 Å². The van der Waals surface area contributed by atoms with E-state index in [-0.39, 0.29) is 12.4 Å². The number of amides is 1. The number of hydrogen-bond donors (Lipinski definition) is 1. The second-order valence-corrected chi connectivity index (χ2v) is 7.39. The molecule has 1 amide bonds. The maximum Gasteiger partial charge on any atom is 0.223 e. The molecular weight excluding hydrogens is 334 g/mol. The van der Waals surface area contributed by atoms with Gasteiger partial charge in [0.15, 0.2) is 0 Å². The molecule has 2 heterocycles. The van der Waals surface area contributed by atoms with Crippen LogP contribution in [0, 0.1) is 5.92 Å². The van der Waals surface area contributed by atoms with E-state index in [9.17, 15) is 4.79 Å². The van der Waals surface area contributed by atoms with Crippen LogP contribution >= 0.6 is 12.4 Å². The molecule has 1 saturated heterocycles. The highest BCUT2D eigenvalue weighted by atomic mass is 35.5. The SMILES string of the molecule is Cl.O=C(CC1CCCCC1)N(Cc1ccccn1)C1CCCNCC1. The fourth-order valence-electron chi connectivity index (χ4n) is 4.15. The lowest BCUT2D eigenvalue weighted by Crippen LogP contribution is -2.41. The van der Waals surface area contributed by atoms with Crippen LogP contribution in [0.3, 0.4) is 0 Å². The van der Waals surface area contributed by atoms with Crippen molar-refractivity contribution in [2.24, 2.45) is 5.92 Å². The zero-order valence-corrected chi connectivity index (χ0v) is 16.0. The topological polar surface area (TPSA) is 45.2 Å². The lowest BCUT2D eigenvalue weighted by Gasteiger charge is -2.33. The number of aromatic nitrogens is 1. The summed E-state index contributed by atoms with van der Waals surface area (Å²) in [5.41, 5.74) is 1.01. The van der Waals surface area contributed by atoms with Gasteiger partial charge in [-0.25, -0.2) is 0 Å². The Morgan fingerprint density at radius 1 is 1.08 bits per heavy atom. The van der Waals surface area contributed by atoms with Gasteiger partial charge >= 0.3 is 0 Å². The Morgan fingerprint density at radius 3 is 2.68 bits per heavy atom. The van der Waals surface area contributed by atoms with E-state index in [2.05, 4.69) is 15.2 Å². The molecule has 140 valence electrons. The molecule has 3 rings (SSSR count). The van der Waals surface area contributed by atoms with Crippen LogP contribution in [0.15, 0.2) is 24.4 Å². The maximum atomic E-state index is 13.1. The molecule has 2 fully saturated rings. The number of nitrogens with one attached hydrogen (secondary N) is 1. The van der Waals surface area contributed by atoms with E-state index in [1.54, 1.807) is 0 Å². The number of halogens is 1. The van der Waals surface area contributed by atoms with E-state index in [1.807, 2.05) is 24.4 Å². The largest absolute Gasteiger partial charge is 0.334 e. The summed E-state index contributed by atoms with van der Waals surface area (Å²) in [6, 6.07) is 6.35. The zero-order valence-electron chi connectivity index (χ0n) is 15.2. The van der Waals surface area contributed by atoms with E-state index in [0.29, 0.717) is 24.4 Å². The number of hydrogen-bond acceptors (Lipinski definition) is 3. The summed E-state index contributed by atoms with van der Waals surface area (Å²) in [5.74, 6) is 0.945. The summed E-state index contributed by atoms with van der Waals surface area (Å²) < 4.78 is 0. The van der Waals surface area contributed by atoms with Crippen molar-refractivity contribution < 1.29 is 4.79 Å². The first kappa shape index (κ1) is 20.2. The van der Waals surface area contributed by atoms with Gasteiger partial charge in [0.05, 0.1) is 12.2 Å². The molecule has 1 aromatic heterocycles. The molecular formula is C20H32ClN3O. The summed E-state index contributed by atoms with van der Waals surface area (Å²) in [5, 5.41) is 3.46. The quantitative estimate of drug-likeness (QED) is 0.859. The fourth-order valence-corrected chi connectivity index (χ4v) is 4.15. The zero-order chi connectivity index (χ0) is 16.6. The fraction of sp³-hybridized carbons (Fsp3) is 0.700. The van der Waals surface area contributed by atoms with Crippen molar-refractivity contribution in [1.29, 1.82) is 0 Å². The van der Waals surface area contributed by atoms with Crippen molar-refractivity contribution in [2.45, 2.75) is 70.4 Å². The minimum atomic E-state index is 0. The first-order chi connectivity index (χ1) is 11.8. The highest BCUT2D eigenvalue weighted by Gasteiger charge is 2.27. The summed E-state index contributed by atoms with van der Waals surface area (Å²) in [6.07, 6.45) is 12.3. The van der Waals surface area contributed by atoms with Crippen LogP contribution in [0.5, 0.6) is 0 Å². The van der Waals surface area contributed by atoms with Crippen LogP contribution in [0.25, 0.3) is 0 Å². The molecule has 1 N–H and O–H groups in total. The molecule has 1 atom stereocenters. The maximum absolute atomic E-state index is 13.1. The highest BCUT2D eigenvalue weighted by Crippen LogP contribution is 2.28. The molecule has 2 aliphatic rings. The van der Waals surface area contributed by atoms with Gasteiger partial charge in [-0.15, -0.1) is 12.4 Å². The number of nitrogens with zero attached hydrogens (tertiary/aromatic N) is 2. The van der Waals surface area contributed by atoms with Crippen molar-refractivity contribution in [3.63, 3.8) is 0 Å². The Bertz CT molecular complexity index is 497. The first-order valence-corrected chi connectivity index (χ1v) is 9.73. The van der Waals surface area contributed by atoms with Crippen LogP contribution < -0.4 is 5.32 Å². The first-order valence-electron chi connectivity index (χ1n) is 9.73. The number of carbonyl (C=O) groups excluding carboxylic acids is 1. The standard InChI is InChI=1S/C20H31N3O.ClH/c24-20(15-17-7-2-1-3-8-17)23(16-18-9-4-5-13-22-18)19-10-6-12-21-14-11-19;/h4-5,9,13,17,19,21H,1-3,6-8,10-12,14-16H2;1H. The third kappa shape index (κ3) is 6.27. The van der Waals surface area contributed by atoms with E-state index < -0.39 is 0 Å². The number of rotatable bonds is 5. The molecule has 0 radical (unpaired) electrons. The van der Waals surface area contributed by atoms with E-state index >= 15 is 0 Å². The number of carbonyl (C=O) groups is 1. The van der Waals surface area contributed by atoms with Gasteiger partial charge in [0.2, 0.25) is 5.91 Å². The third-order valence-corrected chi connectivity index (χ3v) is 5.55. The smallest absolute Gasteiger partial charge is 0.223 e. The van der Waals surface area contributed by atoms with Crippen LogP contribution in [0.2, 0.25) is 0 Å². The van der Waals surface area contributed by atoms with Crippen molar-refractivity contribution in [2.75, 3.05) is 13.1 Å². The van der Waals surface area contributed by atoms with Crippen LogP contribution in [0.4, 0.5) is 0 Å². The monoisotopic (exact) mass is 365 g/mol. The molecule has 1 aliphatic heterocycles. The van der Waals surface area contributed by atoms with Gasteiger partial charge in [-0.05, 0) is 63.2 Å². The number of pyridine rings is 1. The molecule has 1 unspecified atom stereocenters. The van der Waals surface area contributed by atoms with Gasteiger partial charge < -0.3 is 10.2 Å². The highest BCUT2D eigenvalue weighted by molar-refractivity contribution is 5.85. The van der Waals surface area contributed by atoms with Crippen LogP contribution in [0.1, 0.15) is 63.5 Å². The molecule has 1 aromatic rings. The Labute approximate surface area is 158 Å². The Hall–Kier alpha value is -1.13. The van der Waals surface area contributed by atoms with Gasteiger partial charge in [-0.3, -0.25) is 9.78 Å². The molecule has 5 heteroatoms. The van der Waals surface area contributed by atoms with Gasteiger partial charge in [-0.2, -0.15) is 0 Å². The lowest BCUT2D eigenvalue weighted by atomic mass is 9.86. The van der Waals surface area contributed by atoms with Crippen molar-refractivity contribution in [3.8, 4) is 0 Å². The third-order valence-electron chi connectivity index (χ3n) is 5.55. The molecule has 25 heavy (non-hydrogen) atoms. The second kappa shape index (κ2) is 10.8. The van der Waals surface area contributed by atoms with Gasteiger partial charge in [0, 0.05) is 18.7 Å². The predicted molar refractivity (Wildman–Crippen MR) is 104 cm³/mol. The minimum absolute atomic E-state index is 0. The van der Waals surface area contributed by atoms with E-state index in [0.717, 1.165) is 44.5 Å². The normalized spacial score (nSPS) is 21.8. The molecule has 1 saturated carbocycles. The van der Waals surface area contributed by atoms with E-state index in [1.165, 1.54) is 32.1 Å². The Kier molecular flexibility index (Phi) is 8.70. The van der Waals surface area contributed by atoms with E-state index in [4.69, 9.17) is 0 Å². The summed E-state index contributed by atoms with van der Waals surface area (Å²) in [4.78, 5) is 19.7. The van der Waals surface area contributed by atoms with Gasteiger partial charge in [0.25, 0.3) is 0 Å². The van der Waals surface area contributed by atoms with Crippen molar-refractivity contribution in [3.05, 3.63) is 30.1 Å². The second-order valence-electron chi connectivity index (χ2n) is 7.39. The lowest BCUT2D eigenvalue weighted by molar-refractivity contribution is -0.135. The minimum Gasteiger partial charge on any atom is -0.334 e. The molecule has 4 nitrogen and oxygen atoms in total. The average Bonchev–Trinajstić information content (AvgIpc) is 2.90. The Balaban J connectivity index is 0.00000225. The van der Waals surface area contributed by atoms with Crippen LogP contribution in [-0.2, 0) is 11.3 Å². The van der Waals surface area contributed by atoms with Gasteiger partial charge in [-0.1, -0.05) is 25.3 Å². The summed E-state index contributed by atoms with van der Waals surface area (Å²) in [7, 11) is 0. The summed E-state index contributed by atoms with van der Waals surface area (Å²) in [6.45, 7) is 2.75. The molecule has 0 aromatic carbocycles. The summed E-state index contributed by atoms with van der Waals surface area (Å²) >= 11 is 0.